The molecule has 0 spiro atoms. The molecule has 1 saturated heterocycles. The van der Waals surface area contributed by atoms with Gasteiger partial charge in [-0.1, -0.05) is 35.0 Å². The van der Waals surface area contributed by atoms with Gasteiger partial charge in [-0.3, -0.25) is 0 Å². The molecule has 0 saturated carbocycles. The maximum atomic E-state index is 5.70. The Hall–Kier alpha value is -0.380. The monoisotopic (exact) mass is 311 g/mol. The number of ether oxygens (including phenoxy) is 1. The molecular weight excluding hydrogens is 290 g/mol. The fraction of sp³-hybridized carbons (Fsp3) is 0.600. The van der Waals surface area contributed by atoms with Gasteiger partial charge in [-0.25, -0.2) is 0 Å². The van der Waals surface area contributed by atoms with Crippen LogP contribution in [0.4, 0.5) is 0 Å². The van der Waals surface area contributed by atoms with Crippen molar-refractivity contribution in [3.05, 3.63) is 34.3 Å². The SMILES string of the molecule is CCNC(Cc1cccc(Br)c1)C1CCOC1C. The summed E-state index contributed by atoms with van der Waals surface area (Å²) in [6.45, 7) is 6.30. The molecule has 3 atom stereocenters. The maximum Gasteiger partial charge on any atom is 0.0590 e. The van der Waals surface area contributed by atoms with E-state index in [4.69, 9.17) is 4.74 Å². The number of likely N-dealkylation sites (N-methyl/N-ethyl adjacent to an activating group) is 1. The van der Waals surface area contributed by atoms with E-state index >= 15 is 0 Å². The molecule has 100 valence electrons. The zero-order chi connectivity index (χ0) is 13.0. The van der Waals surface area contributed by atoms with Crippen molar-refractivity contribution in [1.82, 2.24) is 5.32 Å². The van der Waals surface area contributed by atoms with Crippen molar-refractivity contribution in [2.75, 3.05) is 13.2 Å². The van der Waals surface area contributed by atoms with Gasteiger partial charge < -0.3 is 10.1 Å². The second-order valence-electron chi connectivity index (χ2n) is 5.03. The van der Waals surface area contributed by atoms with Crippen molar-refractivity contribution < 1.29 is 4.74 Å². The van der Waals surface area contributed by atoms with E-state index in [-0.39, 0.29) is 0 Å². The van der Waals surface area contributed by atoms with Crippen molar-refractivity contribution >= 4 is 15.9 Å². The molecule has 0 radical (unpaired) electrons. The summed E-state index contributed by atoms with van der Waals surface area (Å²) in [7, 11) is 0. The van der Waals surface area contributed by atoms with Gasteiger partial charge in [0.05, 0.1) is 6.10 Å². The molecule has 2 rings (SSSR count). The lowest BCUT2D eigenvalue weighted by Crippen LogP contribution is -2.40. The van der Waals surface area contributed by atoms with Crippen LogP contribution in [0, 0.1) is 5.92 Å². The predicted molar refractivity (Wildman–Crippen MR) is 78.8 cm³/mol. The summed E-state index contributed by atoms with van der Waals surface area (Å²) in [5, 5.41) is 3.63. The highest BCUT2D eigenvalue weighted by molar-refractivity contribution is 9.10. The van der Waals surface area contributed by atoms with Crippen LogP contribution in [0.25, 0.3) is 0 Å². The second-order valence-corrected chi connectivity index (χ2v) is 5.94. The Morgan fingerprint density at radius 2 is 2.33 bits per heavy atom. The zero-order valence-electron chi connectivity index (χ0n) is 11.2. The van der Waals surface area contributed by atoms with Crippen LogP contribution in [-0.4, -0.2) is 25.3 Å². The molecule has 1 N–H and O–H groups in total. The van der Waals surface area contributed by atoms with Gasteiger partial charge in [-0.15, -0.1) is 0 Å². The van der Waals surface area contributed by atoms with Crippen LogP contribution in [0.3, 0.4) is 0 Å². The Balaban J connectivity index is 2.06. The molecule has 0 bridgehead atoms. The van der Waals surface area contributed by atoms with Crippen LogP contribution in [0.15, 0.2) is 28.7 Å². The van der Waals surface area contributed by atoms with E-state index < -0.39 is 0 Å². The minimum Gasteiger partial charge on any atom is -0.378 e. The first-order chi connectivity index (χ1) is 8.70. The molecule has 3 heteroatoms. The molecule has 1 aromatic carbocycles. The number of hydrogen-bond acceptors (Lipinski definition) is 2. The molecule has 2 nitrogen and oxygen atoms in total. The third kappa shape index (κ3) is 3.56. The van der Waals surface area contributed by atoms with E-state index in [1.165, 1.54) is 12.0 Å². The van der Waals surface area contributed by atoms with E-state index in [9.17, 15) is 0 Å². The summed E-state index contributed by atoms with van der Waals surface area (Å²) in [5.41, 5.74) is 1.38. The summed E-state index contributed by atoms with van der Waals surface area (Å²) in [6, 6.07) is 9.12. The van der Waals surface area contributed by atoms with E-state index in [0.29, 0.717) is 18.1 Å². The van der Waals surface area contributed by atoms with E-state index in [1.807, 2.05) is 0 Å². The van der Waals surface area contributed by atoms with Crippen LogP contribution < -0.4 is 5.32 Å². The van der Waals surface area contributed by atoms with Crippen molar-refractivity contribution in [2.45, 2.75) is 38.8 Å². The summed E-state index contributed by atoms with van der Waals surface area (Å²) in [6.07, 6.45) is 2.62. The van der Waals surface area contributed by atoms with Crippen LogP contribution in [0.2, 0.25) is 0 Å². The first-order valence-corrected chi connectivity index (χ1v) is 7.59. The van der Waals surface area contributed by atoms with Gasteiger partial charge in [0.1, 0.15) is 0 Å². The highest BCUT2D eigenvalue weighted by atomic mass is 79.9. The van der Waals surface area contributed by atoms with E-state index in [2.05, 4.69) is 59.4 Å². The molecular formula is C15H22BrNO. The van der Waals surface area contributed by atoms with Crippen LogP contribution >= 0.6 is 15.9 Å². The van der Waals surface area contributed by atoms with Gasteiger partial charge in [0.25, 0.3) is 0 Å². The summed E-state index contributed by atoms with van der Waals surface area (Å²) >= 11 is 3.54. The standard InChI is InChI=1S/C15H22BrNO/c1-3-17-15(14-7-8-18-11(14)2)10-12-5-4-6-13(16)9-12/h4-6,9,11,14-15,17H,3,7-8,10H2,1-2H3. The highest BCUT2D eigenvalue weighted by Crippen LogP contribution is 2.26. The van der Waals surface area contributed by atoms with Crippen LogP contribution in [0.5, 0.6) is 0 Å². The number of halogens is 1. The number of hydrogen-bond donors (Lipinski definition) is 1. The minimum atomic E-state index is 0.376. The average molecular weight is 312 g/mol. The normalized spacial score (nSPS) is 25.3. The van der Waals surface area contributed by atoms with E-state index in [0.717, 1.165) is 24.0 Å². The van der Waals surface area contributed by atoms with Crippen molar-refractivity contribution in [3.8, 4) is 0 Å². The molecule has 1 aromatic rings. The van der Waals surface area contributed by atoms with E-state index in [1.54, 1.807) is 0 Å². The molecule has 1 aliphatic heterocycles. The topological polar surface area (TPSA) is 21.3 Å². The highest BCUT2D eigenvalue weighted by Gasteiger charge is 2.31. The second kappa shape index (κ2) is 6.69. The van der Waals surface area contributed by atoms with Crippen molar-refractivity contribution in [1.29, 1.82) is 0 Å². The Labute approximate surface area is 118 Å². The number of benzene rings is 1. The smallest absolute Gasteiger partial charge is 0.0590 e. The number of rotatable bonds is 5. The van der Waals surface area contributed by atoms with Gasteiger partial charge in [0.15, 0.2) is 0 Å². The molecule has 18 heavy (non-hydrogen) atoms. The number of nitrogens with one attached hydrogen (secondary N) is 1. The Morgan fingerprint density at radius 1 is 1.50 bits per heavy atom. The molecule has 1 heterocycles. The fourth-order valence-electron chi connectivity index (χ4n) is 2.83. The van der Waals surface area contributed by atoms with Gasteiger partial charge in [-0.05, 0) is 44.0 Å². The lowest BCUT2D eigenvalue weighted by molar-refractivity contribution is 0.0956. The molecule has 0 amide bonds. The quantitative estimate of drug-likeness (QED) is 0.900. The summed E-state index contributed by atoms with van der Waals surface area (Å²) in [5.74, 6) is 0.629. The Kier molecular flexibility index (Phi) is 5.22. The third-order valence-electron chi connectivity index (χ3n) is 3.76. The first-order valence-electron chi connectivity index (χ1n) is 6.80. The maximum absolute atomic E-state index is 5.70. The van der Waals surface area contributed by atoms with Crippen LogP contribution in [0.1, 0.15) is 25.8 Å². The zero-order valence-corrected chi connectivity index (χ0v) is 12.7. The van der Waals surface area contributed by atoms with Crippen molar-refractivity contribution in [2.24, 2.45) is 5.92 Å². The van der Waals surface area contributed by atoms with Gasteiger partial charge in [-0.2, -0.15) is 0 Å². The Bertz CT molecular complexity index is 383. The van der Waals surface area contributed by atoms with Gasteiger partial charge >= 0.3 is 0 Å². The lowest BCUT2D eigenvalue weighted by atomic mass is 9.89. The Morgan fingerprint density at radius 3 is 2.94 bits per heavy atom. The molecule has 1 fully saturated rings. The first kappa shape index (κ1) is 14.0. The molecule has 3 unspecified atom stereocenters. The molecule has 0 aliphatic carbocycles. The molecule has 1 aliphatic rings. The minimum absolute atomic E-state index is 0.376. The van der Waals surface area contributed by atoms with Gasteiger partial charge in [0.2, 0.25) is 0 Å². The lowest BCUT2D eigenvalue weighted by Gasteiger charge is -2.26. The largest absolute Gasteiger partial charge is 0.378 e. The summed E-state index contributed by atoms with van der Waals surface area (Å²) < 4.78 is 6.86. The van der Waals surface area contributed by atoms with Crippen molar-refractivity contribution in [3.63, 3.8) is 0 Å². The fourth-order valence-corrected chi connectivity index (χ4v) is 3.28. The molecule has 0 aromatic heterocycles. The average Bonchev–Trinajstić information content (AvgIpc) is 2.75. The predicted octanol–water partition coefficient (Wildman–Crippen LogP) is 3.39. The van der Waals surface area contributed by atoms with Crippen LogP contribution in [-0.2, 0) is 11.2 Å². The van der Waals surface area contributed by atoms with Gasteiger partial charge in [0, 0.05) is 23.0 Å². The third-order valence-corrected chi connectivity index (χ3v) is 4.26. The summed E-state index contributed by atoms with van der Waals surface area (Å²) in [4.78, 5) is 0.